The highest BCUT2D eigenvalue weighted by Crippen LogP contribution is 2.32. The average Bonchev–Trinajstić information content (AvgIpc) is 2.85. The monoisotopic (exact) mass is 324 g/mol. The highest BCUT2D eigenvalue weighted by Gasteiger charge is 2.17. The topological polar surface area (TPSA) is 26.3 Å². The van der Waals surface area contributed by atoms with Crippen molar-refractivity contribution in [2.24, 2.45) is 5.92 Å². The fraction of sp³-hybridized carbons (Fsp3) is 0.737. The van der Waals surface area contributed by atoms with Crippen LogP contribution in [0.4, 0.5) is 0 Å². The van der Waals surface area contributed by atoms with E-state index in [-0.39, 0.29) is 5.97 Å². The molecule has 0 saturated carbocycles. The Hall–Kier alpha value is -0.700. The quantitative estimate of drug-likeness (QED) is 0.412. The number of allylic oxidation sites excluding steroid dienone is 3. The Morgan fingerprint density at radius 1 is 1.45 bits per heavy atom. The van der Waals surface area contributed by atoms with E-state index in [4.69, 9.17) is 4.74 Å². The van der Waals surface area contributed by atoms with Crippen molar-refractivity contribution >= 4 is 17.7 Å². The summed E-state index contributed by atoms with van der Waals surface area (Å²) in [7, 11) is 0. The first-order valence-corrected chi connectivity index (χ1v) is 9.70. The number of thioether (sulfide) groups is 1. The molecule has 1 aliphatic carbocycles. The van der Waals surface area contributed by atoms with Gasteiger partial charge in [0.15, 0.2) is 0 Å². The van der Waals surface area contributed by atoms with Crippen molar-refractivity contribution in [3.8, 4) is 0 Å². The fourth-order valence-electron chi connectivity index (χ4n) is 2.85. The average molecular weight is 325 g/mol. The Bertz CT molecular complexity index is 421. The van der Waals surface area contributed by atoms with Gasteiger partial charge in [0.2, 0.25) is 0 Å². The molecule has 1 rings (SSSR count). The van der Waals surface area contributed by atoms with E-state index in [1.807, 2.05) is 18.7 Å². The summed E-state index contributed by atoms with van der Waals surface area (Å²) in [4.78, 5) is 11.5. The summed E-state index contributed by atoms with van der Waals surface area (Å²) in [6.45, 7) is 9.29. The van der Waals surface area contributed by atoms with Crippen molar-refractivity contribution in [3.63, 3.8) is 0 Å². The zero-order valence-corrected chi connectivity index (χ0v) is 15.7. The molecule has 0 saturated heterocycles. The van der Waals surface area contributed by atoms with Gasteiger partial charge >= 0.3 is 5.97 Å². The predicted octanol–water partition coefficient (Wildman–Crippen LogP) is 5.53. The van der Waals surface area contributed by atoms with Gasteiger partial charge in [0.25, 0.3) is 0 Å². The van der Waals surface area contributed by atoms with Crippen LogP contribution in [0.25, 0.3) is 0 Å². The molecule has 0 amide bonds. The van der Waals surface area contributed by atoms with E-state index in [0.717, 1.165) is 24.3 Å². The van der Waals surface area contributed by atoms with E-state index in [1.54, 1.807) is 6.08 Å². The largest absolute Gasteiger partial charge is 0.463 e. The molecule has 126 valence electrons. The van der Waals surface area contributed by atoms with Crippen LogP contribution in [0.1, 0.15) is 66.2 Å². The summed E-state index contributed by atoms with van der Waals surface area (Å²) in [5.74, 6) is 0.521. The van der Waals surface area contributed by atoms with Crippen LogP contribution in [-0.4, -0.2) is 23.6 Å². The number of esters is 1. The molecule has 1 unspecified atom stereocenters. The van der Waals surface area contributed by atoms with Crippen molar-refractivity contribution in [3.05, 3.63) is 23.3 Å². The van der Waals surface area contributed by atoms with Crippen molar-refractivity contribution in [1.29, 1.82) is 0 Å². The lowest BCUT2D eigenvalue weighted by atomic mass is 9.93. The van der Waals surface area contributed by atoms with E-state index >= 15 is 0 Å². The Kier molecular flexibility index (Phi) is 8.30. The van der Waals surface area contributed by atoms with Gasteiger partial charge in [0.05, 0.1) is 6.61 Å². The number of rotatable bonds is 9. The van der Waals surface area contributed by atoms with E-state index in [9.17, 15) is 4.79 Å². The first-order valence-electron chi connectivity index (χ1n) is 8.48. The van der Waals surface area contributed by atoms with Crippen molar-refractivity contribution < 1.29 is 9.53 Å². The van der Waals surface area contributed by atoms with Gasteiger partial charge in [-0.05, 0) is 50.4 Å². The molecule has 1 atom stereocenters. The standard InChI is InChI=1S/C19H32O2S/c1-6-21-18(20)14-17-10-9-16(13-17)12-15(2)8-7-11-19(3,4)22-5/h13-15H,6-12H2,1-5H3/b17-14+. The zero-order valence-electron chi connectivity index (χ0n) is 14.9. The fourth-order valence-corrected chi connectivity index (χ4v) is 3.20. The van der Waals surface area contributed by atoms with Crippen LogP contribution in [0.2, 0.25) is 0 Å². The second-order valence-corrected chi connectivity index (χ2v) is 8.45. The molecule has 0 aliphatic heterocycles. The normalized spacial score (nSPS) is 18.4. The summed E-state index contributed by atoms with van der Waals surface area (Å²) in [5, 5.41) is 0. The Morgan fingerprint density at radius 2 is 2.18 bits per heavy atom. The van der Waals surface area contributed by atoms with Gasteiger partial charge in [-0.2, -0.15) is 11.8 Å². The summed E-state index contributed by atoms with van der Waals surface area (Å²) in [6.07, 6.45) is 13.2. The Balaban J connectivity index is 2.36. The lowest BCUT2D eigenvalue weighted by molar-refractivity contribution is -0.137. The molecule has 0 N–H and O–H groups in total. The zero-order chi connectivity index (χ0) is 16.6. The third kappa shape index (κ3) is 7.53. The van der Waals surface area contributed by atoms with Crippen LogP contribution < -0.4 is 0 Å². The van der Waals surface area contributed by atoms with E-state index in [0.29, 0.717) is 11.4 Å². The van der Waals surface area contributed by atoms with Crippen LogP contribution in [0, 0.1) is 5.92 Å². The number of carbonyl (C=O) groups excluding carboxylic acids is 1. The smallest absolute Gasteiger partial charge is 0.331 e. The molecule has 0 aromatic heterocycles. The molecule has 22 heavy (non-hydrogen) atoms. The molecule has 0 aromatic rings. The summed E-state index contributed by atoms with van der Waals surface area (Å²) >= 11 is 1.96. The summed E-state index contributed by atoms with van der Waals surface area (Å²) < 4.78 is 5.37. The maximum absolute atomic E-state index is 11.5. The molecule has 2 nitrogen and oxygen atoms in total. The van der Waals surface area contributed by atoms with Gasteiger partial charge in [-0.25, -0.2) is 4.79 Å². The van der Waals surface area contributed by atoms with Gasteiger partial charge in [-0.3, -0.25) is 0 Å². The lowest BCUT2D eigenvalue weighted by Gasteiger charge is -2.22. The lowest BCUT2D eigenvalue weighted by Crippen LogP contribution is -2.13. The SMILES string of the molecule is CCOC(=O)/C=C1/C=C(CC(C)CCCC(C)(C)SC)CC1. The molecule has 0 spiro atoms. The Morgan fingerprint density at radius 3 is 2.82 bits per heavy atom. The third-order valence-electron chi connectivity index (χ3n) is 4.35. The number of carbonyl (C=O) groups is 1. The molecule has 0 heterocycles. The number of hydrogen-bond acceptors (Lipinski definition) is 3. The highest BCUT2D eigenvalue weighted by molar-refractivity contribution is 7.99. The highest BCUT2D eigenvalue weighted by atomic mass is 32.2. The number of ether oxygens (including phenoxy) is 1. The second-order valence-electron chi connectivity index (χ2n) is 6.94. The van der Waals surface area contributed by atoms with Gasteiger partial charge in [0.1, 0.15) is 0 Å². The first kappa shape index (κ1) is 19.3. The van der Waals surface area contributed by atoms with Crippen LogP contribution >= 0.6 is 11.8 Å². The summed E-state index contributed by atoms with van der Waals surface area (Å²) in [6, 6.07) is 0. The first-order chi connectivity index (χ1) is 10.4. The van der Waals surface area contributed by atoms with Gasteiger partial charge in [-0.1, -0.05) is 45.3 Å². The third-order valence-corrected chi connectivity index (χ3v) is 5.66. The maximum atomic E-state index is 11.5. The molecule has 0 radical (unpaired) electrons. The molecule has 3 heteroatoms. The van der Waals surface area contributed by atoms with Crippen LogP contribution in [0.3, 0.4) is 0 Å². The summed E-state index contributed by atoms with van der Waals surface area (Å²) in [5.41, 5.74) is 2.62. The maximum Gasteiger partial charge on any atom is 0.331 e. The number of hydrogen-bond donors (Lipinski definition) is 0. The van der Waals surface area contributed by atoms with E-state index in [1.165, 1.54) is 31.3 Å². The van der Waals surface area contributed by atoms with Gasteiger partial charge in [0, 0.05) is 10.8 Å². The minimum absolute atomic E-state index is 0.206. The van der Waals surface area contributed by atoms with Gasteiger partial charge in [-0.15, -0.1) is 0 Å². The second kappa shape index (κ2) is 9.44. The molecular formula is C19H32O2S. The van der Waals surface area contributed by atoms with Crippen molar-refractivity contribution in [2.75, 3.05) is 12.9 Å². The molecular weight excluding hydrogens is 292 g/mol. The van der Waals surface area contributed by atoms with Crippen molar-refractivity contribution in [2.45, 2.75) is 71.0 Å². The molecule has 0 bridgehead atoms. The van der Waals surface area contributed by atoms with Crippen LogP contribution in [-0.2, 0) is 9.53 Å². The molecule has 1 aliphatic rings. The minimum atomic E-state index is -0.206. The molecule has 0 fully saturated rings. The van der Waals surface area contributed by atoms with E-state index < -0.39 is 0 Å². The molecule has 0 aromatic carbocycles. The Labute approximate surface area is 140 Å². The minimum Gasteiger partial charge on any atom is -0.463 e. The van der Waals surface area contributed by atoms with Gasteiger partial charge < -0.3 is 4.74 Å². The van der Waals surface area contributed by atoms with E-state index in [2.05, 4.69) is 33.1 Å². The van der Waals surface area contributed by atoms with Crippen LogP contribution in [0.5, 0.6) is 0 Å². The van der Waals surface area contributed by atoms with Crippen LogP contribution in [0.15, 0.2) is 23.3 Å². The van der Waals surface area contributed by atoms with Crippen molar-refractivity contribution in [1.82, 2.24) is 0 Å². The predicted molar refractivity (Wildman–Crippen MR) is 97.3 cm³/mol.